The molecule has 1 unspecified atom stereocenters. The van der Waals surface area contributed by atoms with Crippen LogP contribution < -0.4 is 10.6 Å². The zero-order valence-corrected chi connectivity index (χ0v) is 16.1. The van der Waals surface area contributed by atoms with Gasteiger partial charge in [0, 0.05) is 0 Å². The first kappa shape index (κ1) is 19.2. The van der Waals surface area contributed by atoms with Crippen molar-refractivity contribution in [2.45, 2.75) is 23.7 Å². The number of benzene rings is 1. The van der Waals surface area contributed by atoms with Gasteiger partial charge < -0.3 is 5.32 Å². The number of carbonyl (C=O) groups excluding carboxylic acids is 3. The third kappa shape index (κ3) is 3.93. The van der Waals surface area contributed by atoms with E-state index in [-0.39, 0.29) is 0 Å². The molecule has 2 N–H and O–H groups in total. The van der Waals surface area contributed by atoms with E-state index in [9.17, 15) is 18.8 Å². The lowest BCUT2D eigenvalue weighted by Gasteiger charge is -2.22. The Morgan fingerprint density at radius 1 is 1.33 bits per heavy atom. The highest BCUT2D eigenvalue weighted by Crippen LogP contribution is 2.29. The van der Waals surface area contributed by atoms with E-state index in [1.54, 1.807) is 0 Å². The molecule has 1 atom stereocenters. The highest BCUT2D eigenvalue weighted by molar-refractivity contribution is 8.01. The summed E-state index contributed by atoms with van der Waals surface area (Å²) in [7, 11) is 0. The van der Waals surface area contributed by atoms with Crippen molar-refractivity contribution in [1.29, 1.82) is 0 Å². The van der Waals surface area contributed by atoms with E-state index in [1.807, 2.05) is 6.92 Å². The molecule has 2 aromatic rings. The molecule has 1 aromatic carbocycles. The second kappa shape index (κ2) is 7.61. The van der Waals surface area contributed by atoms with Crippen LogP contribution in [0.25, 0.3) is 0 Å². The Labute approximate surface area is 162 Å². The maximum Gasteiger partial charge on any atom is 0.325 e. The number of carbonyl (C=O) groups is 3. The summed E-state index contributed by atoms with van der Waals surface area (Å²) in [5, 5.41) is 13.2. The Kier molecular flexibility index (Phi) is 5.42. The average molecular weight is 409 g/mol. The minimum absolute atomic E-state index is 0.296. The lowest BCUT2D eigenvalue weighted by Crippen LogP contribution is -2.42. The van der Waals surface area contributed by atoms with Gasteiger partial charge in [-0.1, -0.05) is 42.2 Å². The Balaban J connectivity index is 1.69. The summed E-state index contributed by atoms with van der Waals surface area (Å²) in [4.78, 5) is 38.0. The van der Waals surface area contributed by atoms with Crippen LogP contribution in [0.15, 0.2) is 28.6 Å². The van der Waals surface area contributed by atoms with Crippen LogP contribution in [0.5, 0.6) is 0 Å². The summed E-state index contributed by atoms with van der Waals surface area (Å²) < 4.78 is 13.8. The normalized spacial score (nSPS) is 19.3. The van der Waals surface area contributed by atoms with E-state index < -0.39 is 35.7 Å². The van der Waals surface area contributed by atoms with Crippen molar-refractivity contribution in [2.24, 2.45) is 0 Å². The Bertz CT molecular complexity index is 888. The topological polar surface area (TPSA) is 104 Å². The fourth-order valence-electron chi connectivity index (χ4n) is 2.56. The number of imide groups is 1. The molecule has 0 bridgehead atoms. The van der Waals surface area contributed by atoms with E-state index in [0.29, 0.717) is 15.0 Å². The SMILES string of the molecule is CCSc1nnc(NC(=O)CN2C(=O)NC(C)(c3ccc(F)cc3)C2=O)s1. The maximum atomic E-state index is 13.1. The highest BCUT2D eigenvalue weighted by atomic mass is 32.2. The molecule has 8 nitrogen and oxygen atoms in total. The van der Waals surface area contributed by atoms with E-state index in [1.165, 1.54) is 54.3 Å². The number of nitrogens with zero attached hydrogens (tertiary/aromatic N) is 3. The van der Waals surface area contributed by atoms with Crippen LogP contribution in [0.3, 0.4) is 0 Å². The van der Waals surface area contributed by atoms with Crippen molar-refractivity contribution in [3.05, 3.63) is 35.6 Å². The summed E-state index contributed by atoms with van der Waals surface area (Å²) in [5.74, 6) is -0.777. The molecular weight excluding hydrogens is 393 g/mol. The lowest BCUT2D eigenvalue weighted by atomic mass is 9.92. The van der Waals surface area contributed by atoms with E-state index in [4.69, 9.17) is 0 Å². The number of urea groups is 1. The van der Waals surface area contributed by atoms with Gasteiger partial charge in [-0.3, -0.25) is 19.8 Å². The standard InChI is InChI=1S/C16H16FN5O3S2/c1-3-26-15-21-20-13(27-15)18-11(23)8-22-12(24)16(2,19-14(22)25)9-4-6-10(17)7-5-9/h4-7H,3,8H2,1-2H3,(H,19,25)(H,18,20,23). The molecule has 11 heteroatoms. The molecule has 0 saturated carbocycles. The van der Waals surface area contributed by atoms with E-state index in [2.05, 4.69) is 20.8 Å². The summed E-state index contributed by atoms with van der Waals surface area (Å²) in [5.41, 5.74) is -0.936. The van der Waals surface area contributed by atoms with Gasteiger partial charge in [0.1, 0.15) is 17.9 Å². The molecule has 142 valence electrons. The van der Waals surface area contributed by atoms with Gasteiger partial charge in [0.2, 0.25) is 11.0 Å². The van der Waals surface area contributed by atoms with Gasteiger partial charge in [0.05, 0.1) is 0 Å². The number of hydrogen-bond acceptors (Lipinski definition) is 7. The van der Waals surface area contributed by atoms with Crippen molar-refractivity contribution in [2.75, 3.05) is 17.6 Å². The zero-order valence-electron chi connectivity index (χ0n) is 14.5. The Morgan fingerprint density at radius 3 is 2.70 bits per heavy atom. The minimum atomic E-state index is -1.36. The van der Waals surface area contributed by atoms with Crippen molar-refractivity contribution >= 4 is 46.1 Å². The molecule has 3 rings (SSSR count). The molecule has 0 aliphatic carbocycles. The maximum absolute atomic E-state index is 13.1. The Morgan fingerprint density at radius 2 is 2.04 bits per heavy atom. The molecule has 4 amide bonds. The van der Waals surface area contributed by atoms with Crippen LogP contribution in [0, 0.1) is 5.82 Å². The number of anilines is 1. The highest BCUT2D eigenvalue weighted by Gasteiger charge is 2.49. The van der Waals surface area contributed by atoms with Gasteiger partial charge >= 0.3 is 6.03 Å². The van der Waals surface area contributed by atoms with Crippen LogP contribution in [-0.2, 0) is 15.1 Å². The first-order chi connectivity index (χ1) is 12.8. The third-order valence-electron chi connectivity index (χ3n) is 3.92. The van der Waals surface area contributed by atoms with Gasteiger partial charge in [-0.05, 0) is 30.4 Å². The fourth-order valence-corrected chi connectivity index (χ4v) is 4.23. The Hall–Kier alpha value is -2.53. The largest absolute Gasteiger partial charge is 0.325 e. The van der Waals surface area contributed by atoms with Gasteiger partial charge in [0.15, 0.2) is 4.34 Å². The number of hydrogen-bond donors (Lipinski definition) is 2. The summed E-state index contributed by atoms with van der Waals surface area (Å²) >= 11 is 2.71. The summed E-state index contributed by atoms with van der Waals surface area (Å²) in [6.07, 6.45) is 0. The number of rotatable bonds is 6. The van der Waals surface area contributed by atoms with Gasteiger partial charge in [0.25, 0.3) is 5.91 Å². The van der Waals surface area contributed by atoms with Crippen LogP contribution in [0.4, 0.5) is 14.3 Å². The first-order valence-corrected chi connectivity index (χ1v) is 9.80. The number of amides is 4. The van der Waals surface area contributed by atoms with Crippen molar-refractivity contribution in [3.8, 4) is 0 Å². The van der Waals surface area contributed by atoms with Crippen LogP contribution in [0.1, 0.15) is 19.4 Å². The quantitative estimate of drug-likeness (QED) is 0.431. The van der Waals surface area contributed by atoms with Crippen LogP contribution >= 0.6 is 23.1 Å². The lowest BCUT2D eigenvalue weighted by molar-refractivity contribution is -0.133. The second-order valence-corrected chi connectivity index (χ2v) is 8.30. The third-order valence-corrected chi connectivity index (χ3v) is 5.77. The molecule has 1 aromatic heterocycles. The average Bonchev–Trinajstić information content (AvgIpc) is 3.14. The predicted molar refractivity (Wildman–Crippen MR) is 98.9 cm³/mol. The predicted octanol–water partition coefficient (Wildman–Crippen LogP) is 2.19. The molecule has 1 aliphatic heterocycles. The first-order valence-electron chi connectivity index (χ1n) is 8.00. The molecular formula is C16H16FN5O3S2. The van der Waals surface area contributed by atoms with Crippen molar-refractivity contribution < 1.29 is 18.8 Å². The van der Waals surface area contributed by atoms with Crippen molar-refractivity contribution in [1.82, 2.24) is 20.4 Å². The molecule has 1 aliphatic rings. The zero-order chi connectivity index (χ0) is 19.6. The van der Waals surface area contributed by atoms with Gasteiger partial charge in [-0.15, -0.1) is 10.2 Å². The summed E-state index contributed by atoms with van der Waals surface area (Å²) in [6, 6.07) is 4.56. The monoisotopic (exact) mass is 409 g/mol. The second-order valence-electron chi connectivity index (χ2n) is 5.81. The summed E-state index contributed by atoms with van der Waals surface area (Å²) in [6.45, 7) is 3.02. The molecule has 27 heavy (non-hydrogen) atoms. The fraction of sp³-hybridized carbons (Fsp3) is 0.312. The number of nitrogens with one attached hydrogen (secondary N) is 2. The van der Waals surface area contributed by atoms with Gasteiger partial charge in [-0.25, -0.2) is 9.18 Å². The van der Waals surface area contributed by atoms with Gasteiger partial charge in [-0.2, -0.15) is 0 Å². The van der Waals surface area contributed by atoms with Crippen molar-refractivity contribution in [3.63, 3.8) is 0 Å². The van der Waals surface area contributed by atoms with Crippen LogP contribution in [0.2, 0.25) is 0 Å². The molecule has 0 spiro atoms. The molecule has 1 saturated heterocycles. The number of aromatic nitrogens is 2. The molecule has 1 fully saturated rings. The van der Waals surface area contributed by atoms with Crippen LogP contribution in [-0.4, -0.2) is 45.2 Å². The minimum Gasteiger partial charge on any atom is -0.319 e. The molecule has 0 radical (unpaired) electrons. The number of halogens is 1. The molecule has 2 heterocycles. The van der Waals surface area contributed by atoms with E-state index >= 15 is 0 Å². The number of thioether (sulfide) groups is 1. The van der Waals surface area contributed by atoms with E-state index in [0.717, 1.165) is 10.7 Å². The smallest absolute Gasteiger partial charge is 0.319 e.